The van der Waals surface area contributed by atoms with Crippen LogP contribution in [0.25, 0.3) is 10.9 Å². The van der Waals surface area contributed by atoms with Gasteiger partial charge in [-0.3, -0.25) is 19.4 Å². The maximum absolute atomic E-state index is 13.6. The topological polar surface area (TPSA) is 101 Å². The fourth-order valence-electron chi connectivity index (χ4n) is 4.60. The number of amides is 3. The van der Waals surface area contributed by atoms with Gasteiger partial charge in [-0.05, 0) is 55.5 Å². The molecule has 3 amide bonds. The van der Waals surface area contributed by atoms with E-state index in [0.717, 1.165) is 5.39 Å². The van der Waals surface area contributed by atoms with Gasteiger partial charge in [-0.15, -0.1) is 0 Å². The molecule has 9 heteroatoms. The van der Waals surface area contributed by atoms with Gasteiger partial charge < -0.3 is 20.3 Å². The third-order valence-corrected chi connectivity index (χ3v) is 6.61. The van der Waals surface area contributed by atoms with Crippen molar-refractivity contribution in [2.24, 2.45) is 5.92 Å². The standard InChI is InChI=1S/C29H33ClN4O4/c1-19(2)15-22-18-38-25-11-10-21(30)16-24(25)28(36)32-12-3-4-14-34(17-26(35)33-22)29(37)23-9-5-7-20-8-6-13-31-27(20)23/h5-11,13,16,19,22H,3-4,12,14-15,17-18H2,1-2H3,(H,32,36)(H,33,35)/t22-/m1/s1. The second-order valence-corrected chi connectivity index (χ2v) is 10.4. The maximum atomic E-state index is 13.6. The molecule has 200 valence electrons. The van der Waals surface area contributed by atoms with E-state index in [0.29, 0.717) is 65.7 Å². The van der Waals surface area contributed by atoms with Crippen LogP contribution in [0.1, 0.15) is 53.8 Å². The second kappa shape index (κ2) is 12.7. The van der Waals surface area contributed by atoms with Crippen LogP contribution in [-0.2, 0) is 4.79 Å². The molecule has 0 unspecified atom stereocenters. The summed E-state index contributed by atoms with van der Waals surface area (Å²) < 4.78 is 6.02. The average molecular weight is 537 g/mol. The number of hydrogen-bond donors (Lipinski definition) is 2. The highest BCUT2D eigenvalue weighted by Crippen LogP contribution is 2.24. The van der Waals surface area contributed by atoms with Crippen LogP contribution in [0.3, 0.4) is 0 Å². The van der Waals surface area contributed by atoms with Crippen LogP contribution in [0.15, 0.2) is 54.7 Å². The van der Waals surface area contributed by atoms with E-state index in [4.69, 9.17) is 16.3 Å². The molecule has 2 heterocycles. The Hall–Kier alpha value is -3.65. The molecule has 2 aromatic carbocycles. The first kappa shape index (κ1) is 27.4. The minimum Gasteiger partial charge on any atom is -0.491 e. The van der Waals surface area contributed by atoms with Crippen molar-refractivity contribution in [3.05, 3.63) is 70.9 Å². The Morgan fingerprint density at radius 1 is 1.16 bits per heavy atom. The van der Waals surface area contributed by atoms with Gasteiger partial charge in [-0.25, -0.2) is 0 Å². The van der Waals surface area contributed by atoms with Crippen molar-refractivity contribution in [2.45, 2.75) is 39.2 Å². The zero-order valence-corrected chi connectivity index (χ0v) is 22.5. The lowest BCUT2D eigenvalue weighted by Gasteiger charge is -2.25. The molecule has 1 atom stereocenters. The molecule has 0 fully saturated rings. The molecular weight excluding hydrogens is 504 g/mol. The van der Waals surface area contributed by atoms with Crippen molar-refractivity contribution in [1.29, 1.82) is 0 Å². The van der Waals surface area contributed by atoms with Gasteiger partial charge in [0.15, 0.2) is 0 Å². The maximum Gasteiger partial charge on any atom is 0.256 e. The number of carbonyl (C=O) groups excluding carboxylic acids is 3. The monoisotopic (exact) mass is 536 g/mol. The molecule has 1 aliphatic rings. The highest BCUT2D eigenvalue weighted by atomic mass is 35.5. The number of rotatable bonds is 3. The molecule has 1 aromatic heterocycles. The number of nitrogens with zero attached hydrogens (tertiary/aromatic N) is 2. The highest BCUT2D eigenvalue weighted by Gasteiger charge is 2.24. The lowest BCUT2D eigenvalue weighted by molar-refractivity contribution is -0.122. The molecule has 0 aliphatic carbocycles. The minimum absolute atomic E-state index is 0.0881. The van der Waals surface area contributed by atoms with Gasteiger partial charge in [0.1, 0.15) is 12.4 Å². The Balaban J connectivity index is 1.59. The summed E-state index contributed by atoms with van der Waals surface area (Å²) in [6.45, 7) is 4.98. The highest BCUT2D eigenvalue weighted by molar-refractivity contribution is 6.31. The van der Waals surface area contributed by atoms with E-state index in [1.807, 2.05) is 24.3 Å². The van der Waals surface area contributed by atoms with Crippen LogP contribution in [0.5, 0.6) is 5.75 Å². The van der Waals surface area contributed by atoms with E-state index in [1.54, 1.807) is 35.4 Å². The third kappa shape index (κ3) is 7.01. The number of nitrogens with one attached hydrogen (secondary N) is 2. The predicted molar refractivity (Wildman–Crippen MR) is 148 cm³/mol. The van der Waals surface area contributed by atoms with E-state index in [2.05, 4.69) is 29.5 Å². The van der Waals surface area contributed by atoms with E-state index in [9.17, 15) is 14.4 Å². The summed E-state index contributed by atoms with van der Waals surface area (Å²) in [5.74, 6) is -0.0993. The van der Waals surface area contributed by atoms with Crippen LogP contribution in [0.4, 0.5) is 0 Å². The third-order valence-electron chi connectivity index (χ3n) is 6.37. The van der Waals surface area contributed by atoms with Gasteiger partial charge in [-0.2, -0.15) is 0 Å². The van der Waals surface area contributed by atoms with Crippen LogP contribution < -0.4 is 15.4 Å². The van der Waals surface area contributed by atoms with Crippen molar-refractivity contribution in [3.8, 4) is 5.75 Å². The molecule has 1 aliphatic heterocycles. The number of carbonyl (C=O) groups is 3. The van der Waals surface area contributed by atoms with Crippen molar-refractivity contribution in [3.63, 3.8) is 0 Å². The molecule has 0 bridgehead atoms. The number of pyridine rings is 1. The van der Waals surface area contributed by atoms with Gasteiger partial charge in [0, 0.05) is 29.7 Å². The van der Waals surface area contributed by atoms with Gasteiger partial charge in [0.05, 0.1) is 29.2 Å². The fourth-order valence-corrected chi connectivity index (χ4v) is 4.78. The average Bonchev–Trinajstić information content (AvgIpc) is 2.90. The largest absolute Gasteiger partial charge is 0.491 e. The Kier molecular flexibility index (Phi) is 9.18. The van der Waals surface area contributed by atoms with Gasteiger partial charge in [0.25, 0.3) is 11.8 Å². The summed E-state index contributed by atoms with van der Waals surface area (Å²) in [6, 6.07) is 13.8. The zero-order valence-electron chi connectivity index (χ0n) is 21.7. The quantitative estimate of drug-likeness (QED) is 0.514. The van der Waals surface area contributed by atoms with Gasteiger partial charge >= 0.3 is 0 Å². The normalized spacial score (nSPS) is 17.6. The van der Waals surface area contributed by atoms with E-state index >= 15 is 0 Å². The van der Waals surface area contributed by atoms with E-state index in [1.165, 1.54) is 0 Å². The summed E-state index contributed by atoms with van der Waals surface area (Å²) in [7, 11) is 0. The molecule has 0 saturated carbocycles. The zero-order chi connectivity index (χ0) is 27.1. The predicted octanol–water partition coefficient (Wildman–Crippen LogP) is 4.46. The van der Waals surface area contributed by atoms with Crippen LogP contribution in [-0.4, -0.2) is 59.9 Å². The first-order valence-corrected chi connectivity index (χ1v) is 13.3. The molecule has 0 radical (unpaired) electrons. The summed E-state index contributed by atoms with van der Waals surface area (Å²) in [5.41, 5.74) is 1.41. The lowest BCUT2D eigenvalue weighted by Crippen LogP contribution is -2.46. The first-order valence-electron chi connectivity index (χ1n) is 12.9. The molecular formula is C29H33ClN4O4. The molecule has 0 saturated heterocycles. The van der Waals surface area contributed by atoms with Crippen LogP contribution in [0.2, 0.25) is 5.02 Å². The molecule has 8 nitrogen and oxygen atoms in total. The van der Waals surface area contributed by atoms with Crippen molar-refractivity contribution < 1.29 is 19.1 Å². The van der Waals surface area contributed by atoms with Crippen molar-refractivity contribution in [2.75, 3.05) is 26.2 Å². The summed E-state index contributed by atoms with van der Waals surface area (Å²) in [6.07, 6.45) is 3.55. The lowest BCUT2D eigenvalue weighted by atomic mass is 10.0. The SMILES string of the molecule is CC(C)C[C@@H]1COc2ccc(Cl)cc2C(=O)NCCCCN(C(=O)c2cccc3cccnc23)CC(=O)N1. The Labute approximate surface area is 227 Å². The minimum atomic E-state index is -0.310. The molecule has 4 rings (SSSR count). The number of benzene rings is 2. The van der Waals surface area contributed by atoms with Gasteiger partial charge in [0.2, 0.25) is 5.91 Å². The number of fused-ring (bicyclic) bond motifs is 2. The number of halogens is 1. The van der Waals surface area contributed by atoms with E-state index < -0.39 is 0 Å². The van der Waals surface area contributed by atoms with Gasteiger partial charge in [-0.1, -0.05) is 43.6 Å². The second-order valence-electron chi connectivity index (χ2n) is 9.92. The Morgan fingerprint density at radius 2 is 1.97 bits per heavy atom. The van der Waals surface area contributed by atoms with Crippen molar-refractivity contribution >= 4 is 40.2 Å². The van der Waals surface area contributed by atoms with Crippen LogP contribution in [0, 0.1) is 5.92 Å². The molecule has 3 aromatic rings. The number of ether oxygens (including phenoxy) is 1. The number of aromatic nitrogens is 1. The molecule has 2 N–H and O–H groups in total. The number of para-hydroxylation sites is 1. The summed E-state index contributed by atoms with van der Waals surface area (Å²) in [5, 5.41) is 7.25. The van der Waals surface area contributed by atoms with Crippen molar-refractivity contribution in [1.82, 2.24) is 20.5 Å². The van der Waals surface area contributed by atoms with Crippen LogP contribution >= 0.6 is 11.6 Å². The molecule has 38 heavy (non-hydrogen) atoms. The summed E-state index contributed by atoms with van der Waals surface area (Å²) >= 11 is 6.15. The first-order chi connectivity index (χ1) is 18.3. The Morgan fingerprint density at radius 3 is 2.79 bits per heavy atom. The molecule has 0 spiro atoms. The Bertz CT molecular complexity index is 1310. The van der Waals surface area contributed by atoms with E-state index in [-0.39, 0.29) is 36.9 Å². The number of hydrogen-bond acceptors (Lipinski definition) is 5. The smallest absolute Gasteiger partial charge is 0.256 e. The fraction of sp³-hybridized carbons (Fsp3) is 0.379. The summed E-state index contributed by atoms with van der Waals surface area (Å²) in [4.78, 5) is 45.7.